The number of hydrogen-bond acceptors (Lipinski definition) is 7. The number of Topliss-reactive ketones (excluding diaryl/α,β-unsaturated/α-hetero) is 1. The van der Waals surface area contributed by atoms with Gasteiger partial charge in [0, 0.05) is 43.0 Å². The largest absolute Gasteiger partial charge is 0.312 e. The fourth-order valence-electron chi connectivity index (χ4n) is 4.14. The fraction of sp³-hybridized carbons (Fsp3) is 0.348. The van der Waals surface area contributed by atoms with Gasteiger partial charge in [-0.3, -0.25) is 9.20 Å². The molecule has 4 aromatic rings. The summed E-state index contributed by atoms with van der Waals surface area (Å²) < 4.78 is 1.91. The maximum atomic E-state index is 12.4. The van der Waals surface area contributed by atoms with E-state index in [4.69, 9.17) is 15.0 Å². The first-order chi connectivity index (χ1) is 14.9. The molecule has 8 nitrogen and oxygen atoms in total. The second kappa shape index (κ2) is 7.39. The SMILES string of the molecule is CC(=O)c1c(C)c2cnc(Nc3ccc4c(n3)CCNC4)nc2n2cc(C(C)C)nc12. The van der Waals surface area contributed by atoms with Gasteiger partial charge in [0.05, 0.1) is 11.3 Å². The lowest BCUT2D eigenvalue weighted by Gasteiger charge is -2.17. The monoisotopic (exact) mass is 415 g/mol. The summed E-state index contributed by atoms with van der Waals surface area (Å²) in [7, 11) is 0. The standard InChI is InChI=1S/C23H25N7O/c1-12(2)18-11-30-21-16(13(3)20(14(4)31)22(30)27-18)10-25-23(29-21)28-19-6-5-15-9-24-8-7-17(15)26-19/h5-6,10-12,24H,7-9H2,1-4H3,(H,25,26,28,29). The Labute approximate surface area is 180 Å². The van der Waals surface area contributed by atoms with E-state index in [2.05, 4.69) is 35.5 Å². The molecule has 1 aliphatic heterocycles. The third-order valence-electron chi connectivity index (χ3n) is 5.83. The third-order valence-corrected chi connectivity index (χ3v) is 5.83. The van der Waals surface area contributed by atoms with Gasteiger partial charge in [0.25, 0.3) is 0 Å². The Morgan fingerprint density at radius 2 is 2.03 bits per heavy atom. The zero-order chi connectivity index (χ0) is 21.7. The topological polar surface area (TPSA) is 97.1 Å². The van der Waals surface area contributed by atoms with Crippen molar-refractivity contribution < 1.29 is 4.79 Å². The lowest BCUT2D eigenvalue weighted by atomic mass is 10.0. The van der Waals surface area contributed by atoms with Gasteiger partial charge >= 0.3 is 0 Å². The predicted octanol–water partition coefficient (Wildman–Crippen LogP) is 3.70. The van der Waals surface area contributed by atoms with Crippen LogP contribution in [0.3, 0.4) is 0 Å². The number of carbonyl (C=O) groups is 1. The molecule has 158 valence electrons. The van der Waals surface area contributed by atoms with Crippen molar-refractivity contribution in [3.05, 3.63) is 52.6 Å². The predicted molar refractivity (Wildman–Crippen MR) is 120 cm³/mol. The zero-order valence-corrected chi connectivity index (χ0v) is 18.2. The molecule has 0 saturated carbocycles. The number of pyridine rings is 2. The molecule has 4 aromatic heterocycles. The molecule has 0 aromatic carbocycles. The number of ketones is 1. The van der Waals surface area contributed by atoms with Gasteiger partial charge < -0.3 is 10.6 Å². The van der Waals surface area contributed by atoms with Crippen molar-refractivity contribution in [1.82, 2.24) is 29.7 Å². The first kappa shape index (κ1) is 19.6. The van der Waals surface area contributed by atoms with E-state index in [0.29, 0.717) is 17.2 Å². The van der Waals surface area contributed by atoms with Crippen molar-refractivity contribution in [1.29, 1.82) is 0 Å². The Kier molecular flexibility index (Phi) is 4.66. The van der Waals surface area contributed by atoms with Crippen molar-refractivity contribution in [2.75, 3.05) is 11.9 Å². The van der Waals surface area contributed by atoms with Crippen LogP contribution in [0.5, 0.6) is 0 Å². The van der Waals surface area contributed by atoms with Gasteiger partial charge in [0.15, 0.2) is 11.4 Å². The van der Waals surface area contributed by atoms with Gasteiger partial charge in [-0.2, -0.15) is 4.98 Å². The van der Waals surface area contributed by atoms with Crippen LogP contribution in [-0.2, 0) is 13.0 Å². The summed E-state index contributed by atoms with van der Waals surface area (Å²) in [5, 5.41) is 7.43. The quantitative estimate of drug-likeness (QED) is 0.491. The Hall–Kier alpha value is -3.39. The number of rotatable bonds is 4. The average molecular weight is 416 g/mol. The molecule has 8 heteroatoms. The van der Waals surface area contributed by atoms with Gasteiger partial charge in [-0.1, -0.05) is 19.9 Å². The third kappa shape index (κ3) is 3.33. The van der Waals surface area contributed by atoms with Gasteiger partial charge in [-0.25, -0.2) is 15.0 Å². The number of carbonyl (C=O) groups excluding carboxylic acids is 1. The second-order valence-electron chi connectivity index (χ2n) is 8.36. The first-order valence-electron chi connectivity index (χ1n) is 10.6. The number of imidazole rings is 1. The van der Waals surface area contributed by atoms with Gasteiger partial charge in [-0.05, 0) is 37.0 Å². The van der Waals surface area contributed by atoms with Gasteiger partial charge in [0.2, 0.25) is 5.95 Å². The van der Waals surface area contributed by atoms with E-state index in [1.165, 1.54) is 5.56 Å². The molecule has 0 fully saturated rings. The van der Waals surface area contributed by atoms with Crippen LogP contribution in [0.25, 0.3) is 16.7 Å². The van der Waals surface area contributed by atoms with Gasteiger partial charge in [0.1, 0.15) is 11.5 Å². The van der Waals surface area contributed by atoms with E-state index in [1.54, 1.807) is 13.1 Å². The summed E-state index contributed by atoms with van der Waals surface area (Å²) in [5.74, 6) is 1.41. The molecule has 31 heavy (non-hydrogen) atoms. The molecule has 1 aliphatic rings. The number of nitrogens with one attached hydrogen (secondary N) is 2. The van der Waals surface area contributed by atoms with Crippen LogP contribution in [-0.4, -0.2) is 36.7 Å². The molecule has 0 radical (unpaired) electrons. The summed E-state index contributed by atoms with van der Waals surface area (Å²) in [4.78, 5) is 31.2. The van der Waals surface area contributed by atoms with E-state index < -0.39 is 0 Å². The lowest BCUT2D eigenvalue weighted by Crippen LogP contribution is -2.24. The normalized spacial score (nSPS) is 13.7. The fourth-order valence-corrected chi connectivity index (χ4v) is 4.14. The number of fused-ring (bicyclic) bond motifs is 4. The minimum absolute atomic E-state index is 0.0137. The Morgan fingerprint density at radius 1 is 1.19 bits per heavy atom. The molecule has 0 unspecified atom stereocenters. The molecule has 2 N–H and O–H groups in total. The second-order valence-corrected chi connectivity index (χ2v) is 8.36. The molecule has 0 atom stereocenters. The maximum Gasteiger partial charge on any atom is 0.230 e. The number of aromatic nitrogens is 5. The Morgan fingerprint density at radius 3 is 2.81 bits per heavy atom. The van der Waals surface area contributed by atoms with E-state index >= 15 is 0 Å². The first-order valence-corrected chi connectivity index (χ1v) is 10.6. The molecular weight excluding hydrogens is 390 g/mol. The van der Waals surface area contributed by atoms with Crippen LogP contribution in [0.2, 0.25) is 0 Å². The van der Waals surface area contributed by atoms with E-state index in [1.807, 2.05) is 23.6 Å². The molecule has 5 rings (SSSR count). The number of hydrogen-bond donors (Lipinski definition) is 2. The minimum Gasteiger partial charge on any atom is -0.312 e. The van der Waals surface area contributed by atoms with E-state index in [-0.39, 0.29) is 11.7 Å². The number of aryl methyl sites for hydroxylation is 1. The van der Waals surface area contributed by atoms with Crippen molar-refractivity contribution in [3.63, 3.8) is 0 Å². The van der Waals surface area contributed by atoms with Crippen LogP contribution in [0.15, 0.2) is 24.5 Å². The zero-order valence-electron chi connectivity index (χ0n) is 18.2. The van der Waals surface area contributed by atoms with E-state index in [9.17, 15) is 4.79 Å². The van der Waals surface area contributed by atoms with E-state index in [0.717, 1.165) is 53.3 Å². The molecule has 5 heterocycles. The lowest BCUT2D eigenvalue weighted by molar-refractivity contribution is 0.101. The number of nitrogens with zero attached hydrogens (tertiary/aromatic N) is 5. The smallest absolute Gasteiger partial charge is 0.230 e. The highest BCUT2D eigenvalue weighted by molar-refractivity contribution is 6.05. The summed E-state index contributed by atoms with van der Waals surface area (Å²) in [5.41, 5.74) is 6.08. The van der Waals surface area contributed by atoms with Crippen molar-refractivity contribution in [2.24, 2.45) is 0 Å². The molecule has 0 amide bonds. The highest BCUT2D eigenvalue weighted by Crippen LogP contribution is 2.28. The maximum absolute atomic E-state index is 12.4. The number of anilines is 2. The highest BCUT2D eigenvalue weighted by atomic mass is 16.1. The van der Waals surface area contributed by atoms with Crippen molar-refractivity contribution in [2.45, 2.75) is 46.6 Å². The molecule has 0 spiro atoms. The molecule has 0 saturated heterocycles. The summed E-state index contributed by atoms with van der Waals surface area (Å²) in [6.07, 6.45) is 4.64. The van der Waals surface area contributed by atoms with Crippen LogP contribution < -0.4 is 10.6 Å². The molecular formula is C23H25N7O. The Balaban J connectivity index is 1.64. The summed E-state index contributed by atoms with van der Waals surface area (Å²) in [6, 6.07) is 4.04. The van der Waals surface area contributed by atoms with Crippen LogP contribution in [0.1, 0.15) is 59.6 Å². The van der Waals surface area contributed by atoms with Crippen LogP contribution >= 0.6 is 0 Å². The summed E-state index contributed by atoms with van der Waals surface area (Å²) >= 11 is 0. The molecule has 0 aliphatic carbocycles. The average Bonchev–Trinajstić information content (AvgIpc) is 3.19. The van der Waals surface area contributed by atoms with Gasteiger partial charge in [-0.15, -0.1) is 0 Å². The van der Waals surface area contributed by atoms with Crippen LogP contribution in [0, 0.1) is 6.92 Å². The van der Waals surface area contributed by atoms with Crippen molar-refractivity contribution in [3.8, 4) is 0 Å². The van der Waals surface area contributed by atoms with Crippen molar-refractivity contribution >= 4 is 34.2 Å². The minimum atomic E-state index is -0.0137. The Bertz CT molecular complexity index is 1340. The van der Waals surface area contributed by atoms with Crippen LogP contribution in [0.4, 0.5) is 11.8 Å². The highest BCUT2D eigenvalue weighted by Gasteiger charge is 2.20. The molecule has 0 bridgehead atoms. The summed E-state index contributed by atoms with van der Waals surface area (Å²) in [6.45, 7) is 9.46.